The molecule has 0 fully saturated rings. The molecule has 0 nitrogen and oxygen atoms in total. The SMILES string of the molecule is Br.Br.Cl.[Zn]. The molecule has 0 radical (unpaired) electrons. The zero-order chi connectivity index (χ0) is 0. The maximum Gasteiger partial charge on any atom is 0 e. The molecule has 0 saturated heterocycles. The monoisotopic (exact) mass is 260 g/mol. The second-order valence-electron chi connectivity index (χ2n) is 0. The average Bonchev–Trinajstić information content (AvgIpc) is 0. The first-order chi connectivity index (χ1) is 0. The Morgan fingerprint density at radius 2 is 0.750 bits per heavy atom. The first-order valence-electron chi connectivity index (χ1n) is 0. The van der Waals surface area contributed by atoms with Crippen molar-refractivity contribution in [3.8, 4) is 0 Å². The van der Waals surface area contributed by atoms with Gasteiger partial charge in [-0.1, -0.05) is 0 Å². The molecule has 0 saturated carbocycles. The molecule has 0 N–H and O–H groups in total. The van der Waals surface area contributed by atoms with Crippen LogP contribution >= 0.6 is 46.4 Å². The van der Waals surface area contributed by atoms with Gasteiger partial charge in [-0.2, -0.15) is 0 Å². The van der Waals surface area contributed by atoms with Crippen molar-refractivity contribution in [3.05, 3.63) is 0 Å². The van der Waals surface area contributed by atoms with Gasteiger partial charge in [0, 0.05) is 19.5 Å². The van der Waals surface area contributed by atoms with E-state index in [0.29, 0.717) is 0 Å². The summed E-state index contributed by atoms with van der Waals surface area (Å²) in [5.41, 5.74) is 0. The molecule has 4 heavy (non-hydrogen) atoms. The Bertz CT molecular complexity index is 6.00. The van der Waals surface area contributed by atoms with Gasteiger partial charge in [0.15, 0.2) is 0 Å². The van der Waals surface area contributed by atoms with Gasteiger partial charge in [-0.15, -0.1) is 46.4 Å². The minimum Gasteiger partial charge on any atom is -0.147 e. The third kappa shape index (κ3) is 9.11. The molecule has 26 valence electrons. The van der Waals surface area contributed by atoms with E-state index in [2.05, 4.69) is 0 Å². The van der Waals surface area contributed by atoms with E-state index < -0.39 is 0 Å². The standard InChI is InChI=1S/2BrH.ClH.Zn/h3*1H;. The van der Waals surface area contributed by atoms with E-state index in [4.69, 9.17) is 0 Å². The maximum atomic E-state index is 0. The van der Waals surface area contributed by atoms with E-state index >= 15 is 0 Å². The molecule has 0 bridgehead atoms. The fourth-order valence-electron chi connectivity index (χ4n) is 0. The average molecular weight is 264 g/mol. The van der Waals surface area contributed by atoms with Crippen LogP contribution in [-0.2, 0) is 19.5 Å². The number of halogens is 3. The minimum atomic E-state index is 0. The summed E-state index contributed by atoms with van der Waals surface area (Å²) >= 11 is 0. The summed E-state index contributed by atoms with van der Waals surface area (Å²) in [5.74, 6) is 0. The predicted octanol–water partition coefficient (Wildman–Crippen LogP) is 1.58. The molecular weight excluding hydrogens is 261 g/mol. The van der Waals surface area contributed by atoms with E-state index in [1.165, 1.54) is 0 Å². The van der Waals surface area contributed by atoms with Crippen molar-refractivity contribution in [3.63, 3.8) is 0 Å². The van der Waals surface area contributed by atoms with Crippen LogP contribution in [0.25, 0.3) is 0 Å². The van der Waals surface area contributed by atoms with Crippen molar-refractivity contribution >= 4 is 46.4 Å². The summed E-state index contributed by atoms with van der Waals surface area (Å²) in [7, 11) is 0. The Kier molecular flexibility index (Phi) is 207. The number of hydrogen-bond acceptors (Lipinski definition) is 0. The quantitative estimate of drug-likeness (QED) is 0.582. The molecule has 0 aliphatic rings. The summed E-state index contributed by atoms with van der Waals surface area (Å²) < 4.78 is 0. The third-order valence-corrected chi connectivity index (χ3v) is 0. The van der Waals surface area contributed by atoms with Crippen LogP contribution in [0, 0.1) is 0 Å². The third-order valence-electron chi connectivity index (χ3n) is 0. The molecule has 0 heterocycles. The van der Waals surface area contributed by atoms with Gasteiger partial charge in [0.05, 0.1) is 0 Å². The van der Waals surface area contributed by atoms with E-state index in [1.54, 1.807) is 0 Å². The summed E-state index contributed by atoms with van der Waals surface area (Å²) in [5, 5.41) is 0. The van der Waals surface area contributed by atoms with Crippen LogP contribution in [0.3, 0.4) is 0 Å². The second-order valence-corrected chi connectivity index (χ2v) is 0. The zero-order valence-corrected chi connectivity index (χ0v) is 9.14. The van der Waals surface area contributed by atoms with Crippen molar-refractivity contribution in [1.82, 2.24) is 0 Å². The summed E-state index contributed by atoms with van der Waals surface area (Å²) in [6.45, 7) is 0. The van der Waals surface area contributed by atoms with Crippen molar-refractivity contribution in [2.75, 3.05) is 0 Å². The van der Waals surface area contributed by atoms with Crippen molar-refractivity contribution in [2.45, 2.75) is 0 Å². The molecular formula is H3Br2ClZn. The van der Waals surface area contributed by atoms with Crippen LogP contribution in [-0.4, -0.2) is 0 Å². The molecule has 4 heteroatoms. The summed E-state index contributed by atoms with van der Waals surface area (Å²) in [6, 6.07) is 0. The van der Waals surface area contributed by atoms with E-state index in [9.17, 15) is 0 Å². The van der Waals surface area contributed by atoms with E-state index in [0.717, 1.165) is 0 Å². The van der Waals surface area contributed by atoms with Crippen LogP contribution in [0.1, 0.15) is 0 Å². The molecule has 0 amide bonds. The van der Waals surface area contributed by atoms with Crippen molar-refractivity contribution < 1.29 is 19.5 Å². The Hall–Kier alpha value is 1.87. The molecule has 0 rings (SSSR count). The van der Waals surface area contributed by atoms with Gasteiger partial charge in [-0.25, -0.2) is 0 Å². The minimum absolute atomic E-state index is 0. The van der Waals surface area contributed by atoms with Crippen LogP contribution in [0.5, 0.6) is 0 Å². The first-order valence-corrected chi connectivity index (χ1v) is 0. The van der Waals surface area contributed by atoms with Gasteiger partial charge in [0.2, 0.25) is 0 Å². The smallest absolute Gasteiger partial charge is 0 e. The molecule has 0 aromatic rings. The first kappa shape index (κ1) is 39.7. The maximum absolute atomic E-state index is 0. The summed E-state index contributed by atoms with van der Waals surface area (Å²) in [6.07, 6.45) is 0. The molecule has 0 aliphatic heterocycles. The Labute approximate surface area is 65.4 Å². The van der Waals surface area contributed by atoms with Crippen LogP contribution < -0.4 is 0 Å². The van der Waals surface area contributed by atoms with Crippen LogP contribution in [0.15, 0.2) is 0 Å². The topological polar surface area (TPSA) is 0 Å². The zero-order valence-electron chi connectivity index (χ0n) is 1.93. The van der Waals surface area contributed by atoms with E-state index in [-0.39, 0.29) is 65.8 Å². The fourth-order valence-corrected chi connectivity index (χ4v) is 0. The molecule has 0 aromatic carbocycles. The van der Waals surface area contributed by atoms with Gasteiger partial charge >= 0.3 is 0 Å². The second kappa shape index (κ2) is 20.8. The largest absolute Gasteiger partial charge is 0.147 e. The van der Waals surface area contributed by atoms with Gasteiger partial charge in [0.1, 0.15) is 0 Å². The van der Waals surface area contributed by atoms with Crippen molar-refractivity contribution in [2.24, 2.45) is 0 Å². The van der Waals surface area contributed by atoms with Gasteiger partial charge in [-0.05, 0) is 0 Å². The van der Waals surface area contributed by atoms with Crippen LogP contribution in [0.2, 0.25) is 0 Å². The Morgan fingerprint density at radius 3 is 0.750 bits per heavy atom. The normalized spacial score (nSPS) is 0. The van der Waals surface area contributed by atoms with E-state index in [1.807, 2.05) is 0 Å². The van der Waals surface area contributed by atoms with Gasteiger partial charge in [-0.3, -0.25) is 0 Å². The molecule has 0 aliphatic carbocycles. The number of rotatable bonds is 0. The van der Waals surface area contributed by atoms with Gasteiger partial charge < -0.3 is 0 Å². The molecule has 0 unspecified atom stereocenters. The number of hydrogen-bond donors (Lipinski definition) is 0. The van der Waals surface area contributed by atoms with Crippen molar-refractivity contribution in [1.29, 1.82) is 0 Å². The molecule has 0 spiro atoms. The summed E-state index contributed by atoms with van der Waals surface area (Å²) in [4.78, 5) is 0. The fraction of sp³-hybridized carbons (Fsp3) is 0. The predicted molar refractivity (Wildman–Crippen MR) is 27.9 cm³/mol. The Balaban J connectivity index is 0. The molecule has 0 atom stereocenters. The van der Waals surface area contributed by atoms with Crippen LogP contribution in [0.4, 0.5) is 0 Å². The Morgan fingerprint density at radius 1 is 0.750 bits per heavy atom. The molecule has 0 aromatic heterocycles. The van der Waals surface area contributed by atoms with Gasteiger partial charge in [0.25, 0.3) is 0 Å².